The van der Waals surface area contributed by atoms with Crippen LogP contribution in [-0.4, -0.2) is 19.4 Å². The minimum absolute atomic E-state index is 0.0558. The van der Waals surface area contributed by atoms with Crippen molar-refractivity contribution in [1.29, 1.82) is 0 Å². The number of benzene rings is 1. The second-order valence-electron chi connectivity index (χ2n) is 4.60. The van der Waals surface area contributed by atoms with Gasteiger partial charge in [-0.2, -0.15) is 0 Å². The van der Waals surface area contributed by atoms with Gasteiger partial charge < -0.3 is 9.57 Å². The normalized spacial score (nSPS) is 11.7. The lowest BCUT2D eigenvalue weighted by atomic mass is 10.00. The maximum absolute atomic E-state index is 5.44. The second kappa shape index (κ2) is 6.16. The predicted octanol–water partition coefficient (Wildman–Crippen LogP) is 3.11. The van der Waals surface area contributed by atoms with E-state index in [1.165, 1.54) is 0 Å². The number of rotatable bonds is 5. The van der Waals surface area contributed by atoms with Crippen molar-refractivity contribution >= 4 is 6.21 Å². The van der Waals surface area contributed by atoms with E-state index in [2.05, 4.69) is 25.9 Å². The molecule has 0 saturated carbocycles. The molecular formula is C13H19NO2. The SMILES string of the molecule is CC(C)(C)/C=N/OCCOc1ccccc1. The minimum Gasteiger partial charge on any atom is -0.490 e. The van der Waals surface area contributed by atoms with Gasteiger partial charge in [0.2, 0.25) is 0 Å². The third kappa shape index (κ3) is 6.06. The number of oxime groups is 1. The van der Waals surface area contributed by atoms with Gasteiger partial charge in [0.15, 0.2) is 6.61 Å². The molecule has 16 heavy (non-hydrogen) atoms. The Balaban J connectivity index is 2.11. The summed E-state index contributed by atoms with van der Waals surface area (Å²) in [5, 5.41) is 3.87. The van der Waals surface area contributed by atoms with Crippen LogP contribution in [0, 0.1) is 5.41 Å². The van der Waals surface area contributed by atoms with Crippen molar-refractivity contribution in [2.24, 2.45) is 10.6 Å². The molecule has 3 heteroatoms. The number of hydrogen-bond donors (Lipinski definition) is 0. The summed E-state index contributed by atoms with van der Waals surface area (Å²) >= 11 is 0. The van der Waals surface area contributed by atoms with Gasteiger partial charge >= 0.3 is 0 Å². The van der Waals surface area contributed by atoms with Crippen LogP contribution < -0.4 is 4.74 Å². The molecule has 88 valence electrons. The highest BCUT2D eigenvalue weighted by molar-refractivity contribution is 5.63. The van der Waals surface area contributed by atoms with Crippen molar-refractivity contribution in [3.8, 4) is 5.75 Å². The average Bonchev–Trinajstić information content (AvgIpc) is 2.23. The first-order valence-corrected chi connectivity index (χ1v) is 5.42. The highest BCUT2D eigenvalue weighted by atomic mass is 16.6. The Morgan fingerprint density at radius 3 is 2.44 bits per heavy atom. The lowest BCUT2D eigenvalue weighted by Gasteiger charge is -2.09. The number of nitrogens with zero attached hydrogens (tertiary/aromatic N) is 1. The first kappa shape index (κ1) is 12.6. The Morgan fingerprint density at radius 1 is 1.12 bits per heavy atom. The lowest BCUT2D eigenvalue weighted by molar-refractivity contribution is 0.106. The molecular weight excluding hydrogens is 202 g/mol. The van der Waals surface area contributed by atoms with Gasteiger partial charge in [-0.15, -0.1) is 0 Å². The highest BCUT2D eigenvalue weighted by Gasteiger charge is 2.04. The van der Waals surface area contributed by atoms with Crippen LogP contribution in [0.2, 0.25) is 0 Å². The molecule has 0 radical (unpaired) electrons. The van der Waals surface area contributed by atoms with E-state index in [0.717, 1.165) is 5.75 Å². The van der Waals surface area contributed by atoms with E-state index in [4.69, 9.17) is 9.57 Å². The molecule has 0 bridgehead atoms. The van der Waals surface area contributed by atoms with Crippen LogP contribution >= 0.6 is 0 Å². The lowest BCUT2D eigenvalue weighted by Crippen LogP contribution is -2.08. The summed E-state index contributed by atoms with van der Waals surface area (Å²) in [6, 6.07) is 9.66. The Kier molecular flexibility index (Phi) is 4.83. The summed E-state index contributed by atoms with van der Waals surface area (Å²) in [6.45, 7) is 7.17. The topological polar surface area (TPSA) is 30.8 Å². The Bertz CT molecular complexity index is 314. The Hall–Kier alpha value is -1.51. The van der Waals surface area contributed by atoms with Crippen LogP contribution in [-0.2, 0) is 4.84 Å². The van der Waals surface area contributed by atoms with E-state index in [0.29, 0.717) is 13.2 Å². The van der Waals surface area contributed by atoms with Gasteiger partial charge in [0.25, 0.3) is 0 Å². The summed E-state index contributed by atoms with van der Waals surface area (Å²) in [6.07, 6.45) is 1.79. The fourth-order valence-corrected chi connectivity index (χ4v) is 0.962. The largest absolute Gasteiger partial charge is 0.490 e. The average molecular weight is 221 g/mol. The molecule has 0 unspecified atom stereocenters. The molecule has 0 amide bonds. The smallest absolute Gasteiger partial charge is 0.151 e. The molecule has 0 spiro atoms. The predicted molar refractivity (Wildman–Crippen MR) is 65.8 cm³/mol. The molecule has 0 aromatic heterocycles. The quantitative estimate of drug-likeness (QED) is 0.434. The first-order valence-electron chi connectivity index (χ1n) is 5.42. The molecule has 3 nitrogen and oxygen atoms in total. The first-order chi connectivity index (χ1) is 7.58. The second-order valence-corrected chi connectivity index (χ2v) is 4.60. The highest BCUT2D eigenvalue weighted by Crippen LogP contribution is 2.09. The number of hydrogen-bond acceptors (Lipinski definition) is 3. The van der Waals surface area contributed by atoms with Crippen molar-refractivity contribution < 1.29 is 9.57 Å². The molecule has 0 atom stereocenters. The Labute approximate surface area is 97.1 Å². The summed E-state index contributed by atoms with van der Waals surface area (Å²) in [5.74, 6) is 0.853. The van der Waals surface area contributed by atoms with Gasteiger partial charge in [0.05, 0.1) is 0 Å². The van der Waals surface area contributed by atoms with Crippen molar-refractivity contribution in [3.05, 3.63) is 30.3 Å². The van der Waals surface area contributed by atoms with Gasteiger partial charge in [0.1, 0.15) is 12.4 Å². The van der Waals surface area contributed by atoms with Gasteiger partial charge in [-0.05, 0) is 12.1 Å². The Morgan fingerprint density at radius 2 is 1.81 bits per heavy atom. The molecule has 0 N–H and O–H groups in total. The molecule has 0 saturated heterocycles. The van der Waals surface area contributed by atoms with Crippen molar-refractivity contribution in [2.75, 3.05) is 13.2 Å². The van der Waals surface area contributed by atoms with Crippen molar-refractivity contribution in [3.63, 3.8) is 0 Å². The zero-order valence-corrected chi connectivity index (χ0v) is 10.1. The summed E-state index contributed by atoms with van der Waals surface area (Å²) in [5.41, 5.74) is 0.0558. The van der Waals surface area contributed by atoms with Crippen molar-refractivity contribution in [1.82, 2.24) is 0 Å². The van der Waals surface area contributed by atoms with Crippen LogP contribution in [0.1, 0.15) is 20.8 Å². The minimum atomic E-state index is 0.0558. The van der Waals surface area contributed by atoms with E-state index in [9.17, 15) is 0 Å². The third-order valence-electron chi connectivity index (χ3n) is 1.70. The van der Waals surface area contributed by atoms with Crippen LogP contribution in [0.15, 0.2) is 35.5 Å². The molecule has 0 aliphatic rings. The maximum Gasteiger partial charge on any atom is 0.151 e. The fraction of sp³-hybridized carbons (Fsp3) is 0.462. The molecule has 1 aromatic carbocycles. The molecule has 1 rings (SSSR count). The summed E-state index contributed by atoms with van der Waals surface area (Å²) in [7, 11) is 0. The van der Waals surface area contributed by atoms with Gasteiger partial charge in [0, 0.05) is 11.6 Å². The monoisotopic (exact) mass is 221 g/mol. The molecule has 0 heterocycles. The number of para-hydroxylation sites is 1. The van der Waals surface area contributed by atoms with E-state index < -0.39 is 0 Å². The zero-order valence-electron chi connectivity index (χ0n) is 10.1. The molecule has 1 aromatic rings. The summed E-state index contributed by atoms with van der Waals surface area (Å²) in [4.78, 5) is 5.08. The van der Waals surface area contributed by atoms with E-state index in [-0.39, 0.29) is 5.41 Å². The maximum atomic E-state index is 5.44. The number of ether oxygens (including phenoxy) is 1. The third-order valence-corrected chi connectivity index (χ3v) is 1.70. The van der Waals surface area contributed by atoms with Gasteiger partial charge in [-0.1, -0.05) is 44.1 Å². The zero-order chi connectivity index (χ0) is 11.9. The van der Waals surface area contributed by atoms with E-state index >= 15 is 0 Å². The molecule has 0 aliphatic heterocycles. The van der Waals surface area contributed by atoms with Crippen molar-refractivity contribution in [2.45, 2.75) is 20.8 Å². The van der Waals surface area contributed by atoms with Gasteiger partial charge in [-0.25, -0.2) is 0 Å². The van der Waals surface area contributed by atoms with E-state index in [1.807, 2.05) is 30.3 Å². The standard InChI is InChI=1S/C13H19NO2/c1-13(2,3)11-14-16-10-9-15-12-7-5-4-6-8-12/h4-8,11H,9-10H2,1-3H3/b14-11+. The van der Waals surface area contributed by atoms with Crippen LogP contribution in [0.4, 0.5) is 0 Å². The summed E-state index contributed by atoms with van der Waals surface area (Å²) < 4.78 is 5.44. The van der Waals surface area contributed by atoms with Crippen LogP contribution in [0.5, 0.6) is 5.75 Å². The van der Waals surface area contributed by atoms with Crippen LogP contribution in [0.3, 0.4) is 0 Å². The fourth-order valence-electron chi connectivity index (χ4n) is 0.962. The van der Waals surface area contributed by atoms with E-state index in [1.54, 1.807) is 6.21 Å². The van der Waals surface area contributed by atoms with Crippen LogP contribution in [0.25, 0.3) is 0 Å². The van der Waals surface area contributed by atoms with Gasteiger partial charge in [-0.3, -0.25) is 0 Å². The molecule has 0 aliphatic carbocycles. The molecule has 0 fully saturated rings.